The third-order valence-electron chi connectivity index (χ3n) is 6.14. The number of ether oxygens (including phenoxy) is 2. The van der Waals surface area contributed by atoms with Crippen molar-refractivity contribution in [1.29, 1.82) is 0 Å². The molecule has 0 spiro atoms. The van der Waals surface area contributed by atoms with Crippen molar-refractivity contribution in [1.82, 2.24) is 10.2 Å². The first kappa shape index (κ1) is 23.7. The van der Waals surface area contributed by atoms with Crippen molar-refractivity contribution < 1.29 is 27.4 Å². The van der Waals surface area contributed by atoms with E-state index in [9.17, 15) is 22.8 Å². The molecule has 2 heterocycles. The molecule has 3 aromatic rings. The van der Waals surface area contributed by atoms with Gasteiger partial charge in [-0.2, -0.15) is 0 Å². The second-order valence-electron chi connectivity index (χ2n) is 9.08. The molecule has 1 aromatic heterocycles. The van der Waals surface area contributed by atoms with Crippen molar-refractivity contribution in [3.63, 3.8) is 0 Å². The minimum absolute atomic E-state index is 0.0470. The first-order chi connectivity index (χ1) is 16.1. The minimum atomic E-state index is -1.62. The number of aromatic amines is 2. The Morgan fingerprint density at radius 3 is 2.53 bits per heavy atom. The molecule has 1 aliphatic heterocycles. The highest BCUT2D eigenvalue weighted by molar-refractivity contribution is 5.71. The quantitative estimate of drug-likeness (QED) is 0.407. The number of aryl methyl sites for hydroxylation is 1. The molecule has 180 valence electrons. The van der Waals surface area contributed by atoms with Gasteiger partial charge in [-0.25, -0.2) is 13.2 Å². The van der Waals surface area contributed by atoms with E-state index in [1.807, 2.05) is 32.0 Å². The summed E-state index contributed by atoms with van der Waals surface area (Å²) in [6, 6.07) is 7.33. The van der Waals surface area contributed by atoms with Gasteiger partial charge in [0.1, 0.15) is 11.4 Å². The van der Waals surface area contributed by atoms with Crippen molar-refractivity contribution >= 4 is 5.97 Å². The number of esters is 1. The van der Waals surface area contributed by atoms with E-state index in [-0.39, 0.29) is 29.6 Å². The first-order valence-corrected chi connectivity index (χ1v) is 10.9. The third-order valence-corrected chi connectivity index (χ3v) is 6.14. The van der Waals surface area contributed by atoms with Crippen LogP contribution in [0.5, 0.6) is 5.75 Å². The molecule has 4 rings (SSSR count). The summed E-state index contributed by atoms with van der Waals surface area (Å²) in [6.45, 7) is 4.06. The van der Waals surface area contributed by atoms with E-state index in [2.05, 4.69) is 10.2 Å². The number of hydrogen-bond donors (Lipinski definition) is 2. The fraction of sp³-hybridized carbons (Fsp3) is 0.360. The SMILES string of the molecule is COC(=O)CC(c1cc(F)c(F)c(F)c1)c1c(Cc2ccc3c(c2)CCC(C)(C)O3)[nH][nH]c1=O. The molecular formula is C25H25F3N2O4. The molecule has 0 amide bonds. The average molecular weight is 474 g/mol. The van der Waals surface area contributed by atoms with Gasteiger partial charge in [0.05, 0.1) is 13.5 Å². The fourth-order valence-corrected chi connectivity index (χ4v) is 4.35. The molecule has 9 heteroatoms. The number of aromatic nitrogens is 2. The summed E-state index contributed by atoms with van der Waals surface area (Å²) in [7, 11) is 1.17. The summed E-state index contributed by atoms with van der Waals surface area (Å²) in [6.07, 6.45) is 1.63. The number of halogens is 3. The number of nitrogens with one attached hydrogen (secondary N) is 2. The standard InChI is InChI=1S/C25H25F3N2O4/c1-25(2)7-6-14-8-13(4-5-20(14)34-25)9-19-22(24(32)30-29-19)16(12-21(31)33-3)15-10-17(26)23(28)18(27)11-15/h4-5,8,10-11,16H,6-7,9,12H2,1-3H3,(H2,29,30,32). The van der Waals surface area contributed by atoms with Crippen LogP contribution in [-0.4, -0.2) is 28.9 Å². The topological polar surface area (TPSA) is 84.2 Å². The van der Waals surface area contributed by atoms with Crippen LogP contribution in [0.1, 0.15) is 60.6 Å². The lowest BCUT2D eigenvalue weighted by Gasteiger charge is -2.32. The zero-order chi connectivity index (χ0) is 24.6. The summed E-state index contributed by atoms with van der Waals surface area (Å²) in [5.74, 6) is -5.36. The lowest BCUT2D eigenvalue weighted by Crippen LogP contribution is -2.32. The molecule has 1 unspecified atom stereocenters. The number of carbonyl (C=O) groups is 1. The van der Waals surface area contributed by atoms with E-state index in [1.54, 1.807) is 0 Å². The molecule has 34 heavy (non-hydrogen) atoms. The third kappa shape index (κ3) is 4.73. The Hall–Kier alpha value is -3.49. The van der Waals surface area contributed by atoms with Gasteiger partial charge in [0.15, 0.2) is 17.5 Å². The van der Waals surface area contributed by atoms with Crippen LogP contribution in [0, 0.1) is 17.5 Å². The molecule has 0 bridgehead atoms. The predicted molar refractivity (Wildman–Crippen MR) is 118 cm³/mol. The normalized spacial score (nSPS) is 15.4. The van der Waals surface area contributed by atoms with Crippen LogP contribution in [0.2, 0.25) is 0 Å². The Balaban J connectivity index is 1.72. The van der Waals surface area contributed by atoms with E-state index in [0.29, 0.717) is 5.69 Å². The number of hydrogen-bond acceptors (Lipinski definition) is 4. The lowest BCUT2D eigenvalue weighted by molar-refractivity contribution is -0.140. The Bertz CT molecular complexity index is 1270. The van der Waals surface area contributed by atoms with Crippen LogP contribution < -0.4 is 10.3 Å². The first-order valence-electron chi connectivity index (χ1n) is 10.9. The molecule has 2 aromatic carbocycles. The summed E-state index contributed by atoms with van der Waals surface area (Å²) in [5, 5.41) is 5.31. The van der Waals surface area contributed by atoms with Crippen LogP contribution in [0.3, 0.4) is 0 Å². The van der Waals surface area contributed by atoms with E-state index < -0.39 is 34.9 Å². The highest BCUT2D eigenvalue weighted by Gasteiger charge is 2.29. The van der Waals surface area contributed by atoms with Crippen molar-refractivity contribution in [2.75, 3.05) is 7.11 Å². The number of benzene rings is 2. The molecule has 1 aliphatic rings. The highest BCUT2D eigenvalue weighted by atomic mass is 19.2. The smallest absolute Gasteiger partial charge is 0.306 e. The molecular weight excluding hydrogens is 449 g/mol. The Morgan fingerprint density at radius 2 is 1.85 bits per heavy atom. The van der Waals surface area contributed by atoms with Gasteiger partial charge in [0.25, 0.3) is 5.56 Å². The maximum absolute atomic E-state index is 14.0. The average Bonchev–Trinajstić information content (AvgIpc) is 3.14. The van der Waals surface area contributed by atoms with Crippen LogP contribution in [0.4, 0.5) is 13.2 Å². The predicted octanol–water partition coefficient (Wildman–Crippen LogP) is 4.51. The molecule has 0 fully saturated rings. The van der Waals surface area contributed by atoms with E-state index in [1.165, 1.54) is 7.11 Å². The number of methoxy groups -OCH3 is 1. The lowest BCUT2D eigenvalue weighted by atomic mass is 9.86. The van der Waals surface area contributed by atoms with Crippen LogP contribution >= 0.6 is 0 Å². The summed E-state index contributed by atoms with van der Waals surface area (Å²) < 4.78 is 52.3. The van der Waals surface area contributed by atoms with Crippen LogP contribution in [0.25, 0.3) is 0 Å². The number of H-pyrrole nitrogens is 2. The largest absolute Gasteiger partial charge is 0.488 e. The van der Waals surface area contributed by atoms with Gasteiger partial charge in [-0.05, 0) is 61.6 Å². The van der Waals surface area contributed by atoms with E-state index >= 15 is 0 Å². The Labute approximate surface area is 194 Å². The minimum Gasteiger partial charge on any atom is -0.488 e. The molecule has 1 atom stereocenters. The van der Waals surface area contributed by atoms with Gasteiger partial charge in [0, 0.05) is 23.6 Å². The maximum Gasteiger partial charge on any atom is 0.306 e. The monoisotopic (exact) mass is 474 g/mol. The van der Waals surface area contributed by atoms with Crippen molar-refractivity contribution in [2.45, 2.75) is 51.0 Å². The number of rotatable bonds is 6. The van der Waals surface area contributed by atoms with Gasteiger partial charge >= 0.3 is 5.97 Å². The zero-order valence-corrected chi connectivity index (χ0v) is 19.1. The van der Waals surface area contributed by atoms with Gasteiger partial charge in [-0.1, -0.05) is 12.1 Å². The van der Waals surface area contributed by atoms with Crippen LogP contribution in [0.15, 0.2) is 35.1 Å². The summed E-state index contributed by atoms with van der Waals surface area (Å²) in [4.78, 5) is 24.8. The van der Waals surface area contributed by atoms with Gasteiger partial charge in [-0.3, -0.25) is 14.7 Å². The Morgan fingerprint density at radius 1 is 1.15 bits per heavy atom. The Kier molecular flexibility index (Phi) is 6.29. The maximum atomic E-state index is 14.0. The fourth-order valence-electron chi connectivity index (χ4n) is 4.35. The number of carbonyl (C=O) groups excluding carboxylic acids is 1. The summed E-state index contributed by atoms with van der Waals surface area (Å²) in [5.41, 5.74) is 1.67. The molecule has 0 radical (unpaired) electrons. The molecule has 0 saturated carbocycles. The molecule has 0 saturated heterocycles. The van der Waals surface area contributed by atoms with Crippen molar-refractivity contribution in [3.8, 4) is 5.75 Å². The van der Waals surface area contributed by atoms with Gasteiger partial charge < -0.3 is 14.6 Å². The molecule has 0 aliphatic carbocycles. The zero-order valence-electron chi connectivity index (χ0n) is 19.1. The highest BCUT2D eigenvalue weighted by Crippen LogP contribution is 2.35. The molecule has 6 nitrogen and oxygen atoms in total. The van der Waals surface area contributed by atoms with Crippen molar-refractivity contribution in [3.05, 3.63) is 86.1 Å². The van der Waals surface area contributed by atoms with E-state index in [4.69, 9.17) is 9.47 Å². The molecule has 2 N–H and O–H groups in total. The van der Waals surface area contributed by atoms with Gasteiger partial charge in [0.2, 0.25) is 0 Å². The van der Waals surface area contributed by atoms with E-state index in [0.717, 1.165) is 41.9 Å². The van der Waals surface area contributed by atoms with Crippen molar-refractivity contribution in [2.24, 2.45) is 0 Å². The number of fused-ring (bicyclic) bond motifs is 1. The van der Waals surface area contributed by atoms with Crippen LogP contribution in [-0.2, 0) is 22.4 Å². The van der Waals surface area contributed by atoms with Gasteiger partial charge in [-0.15, -0.1) is 0 Å². The second-order valence-corrected chi connectivity index (χ2v) is 9.08. The second kappa shape index (κ2) is 9.04. The summed E-state index contributed by atoms with van der Waals surface area (Å²) >= 11 is 0.